The van der Waals surface area contributed by atoms with E-state index in [9.17, 15) is 4.79 Å². The lowest BCUT2D eigenvalue weighted by atomic mass is 10.1. The topological polar surface area (TPSA) is 72.9 Å². The Morgan fingerprint density at radius 2 is 1.83 bits per heavy atom. The number of hydrogen-bond acceptors (Lipinski definition) is 3. The average Bonchev–Trinajstić information content (AvgIpc) is 3.00. The van der Waals surface area contributed by atoms with Gasteiger partial charge in [0, 0.05) is 6.54 Å². The minimum Gasteiger partial charge on any atom is -0.345 e. The van der Waals surface area contributed by atoms with Crippen molar-refractivity contribution in [2.24, 2.45) is 5.73 Å². The van der Waals surface area contributed by atoms with Gasteiger partial charge in [-0.05, 0) is 31.5 Å². The van der Waals surface area contributed by atoms with Gasteiger partial charge in [-0.1, -0.05) is 42.5 Å². The predicted molar refractivity (Wildman–Crippen MR) is 95.3 cm³/mol. The molecule has 124 valence electrons. The number of fused-ring (bicyclic) bond motifs is 1. The normalized spacial score (nSPS) is 13.6. The summed E-state index contributed by atoms with van der Waals surface area (Å²) in [6.07, 6.45) is 0. The Morgan fingerprint density at radius 1 is 1.17 bits per heavy atom. The maximum Gasteiger partial charge on any atom is 0.242 e. The number of amides is 1. The number of imidazole rings is 1. The van der Waals surface area contributed by atoms with Gasteiger partial charge in [-0.25, -0.2) is 4.98 Å². The number of rotatable bonds is 5. The van der Waals surface area contributed by atoms with Gasteiger partial charge in [-0.2, -0.15) is 0 Å². The molecule has 0 saturated carbocycles. The Kier molecular flexibility index (Phi) is 4.62. The van der Waals surface area contributed by atoms with Gasteiger partial charge in [0.1, 0.15) is 11.9 Å². The van der Waals surface area contributed by atoms with Crippen LogP contribution in [0.25, 0.3) is 11.0 Å². The molecular formula is C19H22N4O. The summed E-state index contributed by atoms with van der Waals surface area (Å²) in [4.78, 5) is 17.1. The molecule has 0 spiro atoms. The Labute approximate surface area is 141 Å². The highest BCUT2D eigenvalue weighted by Gasteiger charge is 2.21. The number of aromatic nitrogens is 2. The molecule has 2 unspecified atom stereocenters. The fraction of sp³-hybridized carbons (Fsp3) is 0.263. The molecule has 0 aliphatic rings. The van der Waals surface area contributed by atoms with E-state index in [0.717, 1.165) is 29.0 Å². The number of carbonyl (C=O) groups is 1. The van der Waals surface area contributed by atoms with Gasteiger partial charge in [0.25, 0.3) is 0 Å². The molecule has 0 aliphatic heterocycles. The molecule has 1 aromatic heterocycles. The highest BCUT2D eigenvalue weighted by atomic mass is 16.2. The number of para-hydroxylation sites is 2. The first-order valence-electron chi connectivity index (χ1n) is 8.18. The monoisotopic (exact) mass is 322 g/mol. The number of carbonyl (C=O) groups excluding carboxylic acids is 1. The first-order valence-corrected chi connectivity index (χ1v) is 8.18. The molecule has 0 aliphatic carbocycles. The van der Waals surface area contributed by atoms with E-state index in [1.165, 1.54) is 0 Å². The molecule has 2 atom stereocenters. The molecule has 5 nitrogen and oxygen atoms in total. The predicted octanol–water partition coefficient (Wildman–Crippen LogP) is 2.93. The molecule has 5 heteroatoms. The van der Waals surface area contributed by atoms with Crippen LogP contribution in [0, 0.1) is 0 Å². The molecule has 3 rings (SSSR count). The number of nitrogens with zero attached hydrogens (tertiary/aromatic N) is 2. The smallest absolute Gasteiger partial charge is 0.242 e. The lowest BCUT2D eigenvalue weighted by Crippen LogP contribution is -2.36. The standard InChI is InChI=1S/C19H22N4O/c1-3-23-16-12-8-7-11-15(16)22-18(23)13(2)21-19(24)17(20)14-9-5-4-6-10-14/h4-13,17H,3,20H2,1-2H3,(H,21,24). The summed E-state index contributed by atoms with van der Waals surface area (Å²) in [5.74, 6) is 0.635. The van der Waals surface area contributed by atoms with E-state index in [0.29, 0.717) is 0 Å². The maximum atomic E-state index is 12.5. The fourth-order valence-electron chi connectivity index (χ4n) is 2.94. The van der Waals surface area contributed by atoms with E-state index in [4.69, 9.17) is 5.73 Å². The van der Waals surface area contributed by atoms with Gasteiger partial charge in [0.15, 0.2) is 0 Å². The van der Waals surface area contributed by atoms with Crippen LogP contribution >= 0.6 is 0 Å². The van der Waals surface area contributed by atoms with Crippen molar-refractivity contribution in [1.29, 1.82) is 0 Å². The summed E-state index contributed by atoms with van der Waals surface area (Å²) < 4.78 is 2.12. The van der Waals surface area contributed by atoms with Crippen LogP contribution in [0.15, 0.2) is 54.6 Å². The van der Waals surface area contributed by atoms with E-state index in [1.807, 2.05) is 61.5 Å². The summed E-state index contributed by atoms with van der Waals surface area (Å²) in [6.45, 7) is 4.80. The maximum absolute atomic E-state index is 12.5. The van der Waals surface area contributed by atoms with E-state index in [1.54, 1.807) is 0 Å². The fourth-order valence-corrected chi connectivity index (χ4v) is 2.94. The first kappa shape index (κ1) is 16.2. The Bertz CT molecular complexity index is 841. The Morgan fingerprint density at radius 3 is 2.54 bits per heavy atom. The zero-order valence-corrected chi connectivity index (χ0v) is 13.9. The third kappa shape index (κ3) is 3.03. The van der Waals surface area contributed by atoms with E-state index >= 15 is 0 Å². The summed E-state index contributed by atoms with van der Waals surface area (Å²) in [6, 6.07) is 16.4. The summed E-state index contributed by atoms with van der Waals surface area (Å²) in [5.41, 5.74) is 8.87. The van der Waals surface area contributed by atoms with E-state index < -0.39 is 6.04 Å². The third-order valence-corrected chi connectivity index (χ3v) is 4.19. The Balaban J connectivity index is 1.82. The quantitative estimate of drug-likeness (QED) is 0.758. The SMILES string of the molecule is CCn1c(C(C)NC(=O)C(N)c2ccccc2)nc2ccccc21. The zero-order chi connectivity index (χ0) is 17.1. The molecule has 1 heterocycles. The van der Waals surface area contributed by atoms with Gasteiger partial charge < -0.3 is 15.6 Å². The van der Waals surface area contributed by atoms with Gasteiger partial charge in [0.2, 0.25) is 5.91 Å². The number of nitrogens with two attached hydrogens (primary N) is 1. The Hall–Kier alpha value is -2.66. The number of aryl methyl sites for hydroxylation is 1. The largest absolute Gasteiger partial charge is 0.345 e. The number of benzene rings is 2. The van der Waals surface area contributed by atoms with Crippen LogP contribution in [-0.4, -0.2) is 15.5 Å². The average molecular weight is 322 g/mol. The minimum atomic E-state index is -0.687. The van der Waals surface area contributed by atoms with Crippen LogP contribution in [0.2, 0.25) is 0 Å². The van der Waals surface area contributed by atoms with Crippen LogP contribution in [0.4, 0.5) is 0 Å². The van der Waals surface area contributed by atoms with Gasteiger partial charge in [-0.3, -0.25) is 4.79 Å². The molecule has 3 N–H and O–H groups in total. The van der Waals surface area contributed by atoms with Crippen molar-refractivity contribution < 1.29 is 4.79 Å². The van der Waals surface area contributed by atoms with Crippen molar-refractivity contribution in [3.8, 4) is 0 Å². The van der Waals surface area contributed by atoms with Crippen LogP contribution in [0.1, 0.15) is 37.3 Å². The number of nitrogens with one attached hydrogen (secondary N) is 1. The molecule has 0 saturated heterocycles. The minimum absolute atomic E-state index is 0.205. The van der Waals surface area contributed by atoms with E-state index in [2.05, 4.69) is 21.8 Å². The summed E-state index contributed by atoms with van der Waals surface area (Å²) >= 11 is 0. The zero-order valence-electron chi connectivity index (χ0n) is 13.9. The van der Waals surface area contributed by atoms with Crippen molar-refractivity contribution >= 4 is 16.9 Å². The molecular weight excluding hydrogens is 300 g/mol. The lowest BCUT2D eigenvalue weighted by molar-refractivity contribution is -0.123. The second kappa shape index (κ2) is 6.84. The summed E-state index contributed by atoms with van der Waals surface area (Å²) in [7, 11) is 0. The highest BCUT2D eigenvalue weighted by molar-refractivity contribution is 5.83. The van der Waals surface area contributed by atoms with Gasteiger partial charge in [0.05, 0.1) is 17.1 Å². The molecule has 0 radical (unpaired) electrons. The van der Waals surface area contributed by atoms with Crippen LogP contribution in [-0.2, 0) is 11.3 Å². The van der Waals surface area contributed by atoms with Crippen LogP contribution < -0.4 is 11.1 Å². The van der Waals surface area contributed by atoms with Gasteiger partial charge >= 0.3 is 0 Å². The van der Waals surface area contributed by atoms with Crippen LogP contribution in [0.5, 0.6) is 0 Å². The van der Waals surface area contributed by atoms with Crippen molar-refractivity contribution in [3.63, 3.8) is 0 Å². The van der Waals surface area contributed by atoms with E-state index in [-0.39, 0.29) is 11.9 Å². The van der Waals surface area contributed by atoms with Crippen LogP contribution in [0.3, 0.4) is 0 Å². The van der Waals surface area contributed by atoms with Crippen molar-refractivity contribution in [1.82, 2.24) is 14.9 Å². The second-order valence-corrected chi connectivity index (χ2v) is 5.82. The van der Waals surface area contributed by atoms with Crippen molar-refractivity contribution in [3.05, 3.63) is 66.0 Å². The van der Waals surface area contributed by atoms with Crippen molar-refractivity contribution in [2.45, 2.75) is 32.5 Å². The molecule has 3 aromatic rings. The molecule has 24 heavy (non-hydrogen) atoms. The van der Waals surface area contributed by atoms with Gasteiger partial charge in [-0.15, -0.1) is 0 Å². The lowest BCUT2D eigenvalue weighted by Gasteiger charge is -2.18. The summed E-state index contributed by atoms with van der Waals surface area (Å²) in [5, 5.41) is 2.98. The highest BCUT2D eigenvalue weighted by Crippen LogP contribution is 2.21. The van der Waals surface area contributed by atoms with Crippen molar-refractivity contribution in [2.75, 3.05) is 0 Å². The molecule has 1 amide bonds. The number of hydrogen-bond donors (Lipinski definition) is 2. The first-order chi connectivity index (χ1) is 11.6. The third-order valence-electron chi connectivity index (χ3n) is 4.19. The second-order valence-electron chi connectivity index (χ2n) is 5.82. The molecule has 0 bridgehead atoms. The molecule has 0 fully saturated rings. The molecule has 2 aromatic carbocycles.